The molecule has 2 aliphatic heterocycles. The lowest BCUT2D eigenvalue weighted by Crippen LogP contribution is -2.35. The Morgan fingerprint density at radius 2 is 1.82 bits per heavy atom. The summed E-state index contributed by atoms with van der Waals surface area (Å²) in [7, 11) is 0. The molecule has 6 nitrogen and oxygen atoms in total. The predicted octanol–water partition coefficient (Wildman–Crippen LogP) is 5.86. The molecule has 0 bridgehead atoms. The van der Waals surface area contributed by atoms with Crippen molar-refractivity contribution in [2.45, 2.75) is 20.8 Å². The molecule has 0 saturated carbocycles. The summed E-state index contributed by atoms with van der Waals surface area (Å²) < 4.78 is 15.3. The van der Waals surface area contributed by atoms with E-state index in [1.807, 2.05) is 45.0 Å². The molecular weight excluding hydrogens is 473 g/mol. The maximum atomic E-state index is 13.3. The number of fused-ring (bicyclic) bond motifs is 1. The van der Waals surface area contributed by atoms with Crippen LogP contribution in [0.5, 0.6) is 0 Å². The van der Waals surface area contributed by atoms with Crippen LogP contribution in [0.15, 0.2) is 64.2 Å². The monoisotopic (exact) mass is 491 g/mol. The Morgan fingerprint density at radius 3 is 2.53 bits per heavy atom. The van der Waals surface area contributed by atoms with Gasteiger partial charge in [0.2, 0.25) is 5.17 Å². The molecule has 0 atom stereocenters. The second-order valence-corrected chi connectivity index (χ2v) is 9.39. The lowest BCUT2D eigenvalue weighted by molar-refractivity contribution is -0.114. The van der Waals surface area contributed by atoms with Gasteiger partial charge in [-0.3, -0.25) is 10.2 Å². The molecule has 3 aromatic rings. The zero-order valence-electron chi connectivity index (χ0n) is 18.6. The summed E-state index contributed by atoms with van der Waals surface area (Å²) in [5, 5.41) is 16.0. The van der Waals surface area contributed by atoms with E-state index in [2.05, 4.69) is 14.7 Å². The number of thioether (sulfide) groups is 1. The van der Waals surface area contributed by atoms with Gasteiger partial charge in [-0.2, -0.15) is 15.1 Å². The SMILES string of the molecule is Cc1ccc(-n2c(C)cc(/C=C3\C(=N)N4N=C(c5ccc(F)cc5)SC4=NC3=O)c2C)cc1Cl. The molecule has 0 aliphatic carbocycles. The molecule has 0 fully saturated rings. The van der Waals surface area contributed by atoms with Crippen LogP contribution in [0.25, 0.3) is 11.8 Å². The molecule has 34 heavy (non-hydrogen) atoms. The summed E-state index contributed by atoms with van der Waals surface area (Å²) >= 11 is 7.51. The van der Waals surface area contributed by atoms with Gasteiger partial charge >= 0.3 is 0 Å². The number of nitrogens with one attached hydrogen (secondary N) is 1. The lowest BCUT2D eigenvalue weighted by atomic mass is 10.1. The van der Waals surface area contributed by atoms with E-state index in [4.69, 9.17) is 17.0 Å². The van der Waals surface area contributed by atoms with Crippen molar-refractivity contribution in [3.8, 4) is 5.69 Å². The summed E-state index contributed by atoms with van der Waals surface area (Å²) in [6.07, 6.45) is 1.68. The number of hydrogen-bond acceptors (Lipinski definition) is 4. The molecule has 9 heteroatoms. The molecule has 1 N–H and O–H groups in total. The molecule has 0 unspecified atom stereocenters. The van der Waals surface area contributed by atoms with Gasteiger partial charge in [0.15, 0.2) is 5.84 Å². The number of hydrogen-bond donors (Lipinski definition) is 1. The van der Waals surface area contributed by atoms with Crippen molar-refractivity contribution >= 4 is 51.4 Å². The van der Waals surface area contributed by atoms with Crippen LogP contribution in [0.2, 0.25) is 5.02 Å². The number of nitrogens with zero attached hydrogens (tertiary/aromatic N) is 4. The first kappa shape index (κ1) is 22.3. The number of amides is 1. The molecule has 1 aromatic heterocycles. The fourth-order valence-corrected chi connectivity index (χ4v) is 4.98. The van der Waals surface area contributed by atoms with E-state index in [-0.39, 0.29) is 17.2 Å². The van der Waals surface area contributed by atoms with Gasteiger partial charge in [0.25, 0.3) is 5.91 Å². The van der Waals surface area contributed by atoms with Gasteiger partial charge in [-0.25, -0.2) is 4.39 Å². The van der Waals surface area contributed by atoms with Crippen molar-refractivity contribution in [3.05, 3.63) is 93.0 Å². The Balaban J connectivity index is 1.51. The molecule has 3 heterocycles. The van der Waals surface area contributed by atoms with Crippen LogP contribution in [-0.4, -0.2) is 31.5 Å². The number of aromatic nitrogens is 1. The summed E-state index contributed by atoms with van der Waals surface area (Å²) in [6, 6.07) is 13.7. The van der Waals surface area contributed by atoms with Crippen LogP contribution in [-0.2, 0) is 4.79 Å². The van der Waals surface area contributed by atoms with Crippen LogP contribution in [0.1, 0.15) is 28.1 Å². The van der Waals surface area contributed by atoms with Gasteiger partial charge in [0.1, 0.15) is 10.9 Å². The van der Waals surface area contributed by atoms with Crippen LogP contribution >= 0.6 is 23.4 Å². The van der Waals surface area contributed by atoms with E-state index in [0.29, 0.717) is 20.8 Å². The normalized spacial score (nSPS) is 16.7. The standard InChI is InChI=1S/C25H19ClFN5OS/c1-13-4-9-19(12-21(13)26)31-14(2)10-17(15(31)3)11-20-22(28)32-25(29-23(20)33)34-24(30-32)16-5-7-18(27)8-6-16/h4-12,28H,1-3H3/b20-11+,28-22?. The van der Waals surface area contributed by atoms with Crippen molar-refractivity contribution in [2.24, 2.45) is 10.1 Å². The number of aryl methyl sites for hydroxylation is 2. The zero-order chi connectivity index (χ0) is 24.1. The molecule has 5 rings (SSSR count). The number of hydrazone groups is 1. The molecule has 2 aromatic carbocycles. The van der Waals surface area contributed by atoms with Crippen molar-refractivity contribution in [2.75, 3.05) is 0 Å². The van der Waals surface area contributed by atoms with Gasteiger partial charge in [0.05, 0.1) is 5.57 Å². The zero-order valence-corrected chi connectivity index (χ0v) is 20.1. The van der Waals surface area contributed by atoms with Gasteiger partial charge in [-0.1, -0.05) is 17.7 Å². The van der Waals surface area contributed by atoms with Gasteiger partial charge in [-0.15, -0.1) is 0 Å². The first-order valence-corrected chi connectivity index (χ1v) is 11.6. The fourth-order valence-electron chi connectivity index (χ4n) is 3.91. The third-order valence-electron chi connectivity index (χ3n) is 5.73. The van der Waals surface area contributed by atoms with Gasteiger partial charge < -0.3 is 4.57 Å². The molecule has 1 amide bonds. The topological polar surface area (TPSA) is 73.8 Å². The average molecular weight is 492 g/mol. The molecular formula is C25H19ClFN5OS. The number of rotatable bonds is 3. The molecule has 0 radical (unpaired) electrons. The van der Waals surface area contributed by atoms with Crippen molar-refractivity contribution in [1.29, 1.82) is 5.41 Å². The number of carbonyl (C=O) groups excluding carboxylic acids is 1. The number of benzene rings is 2. The van der Waals surface area contributed by atoms with Crippen LogP contribution in [0.4, 0.5) is 4.39 Å². The van der Waals surface area contributed by atoms with E-state index < -0.39 is 5.91 Å². The van der Waals surface area contributed by atoms with Crippen LogP contribution < -0.4 is 0 Å². The first-order valence-electron chi connectivity index (χ1n) is 10.4. The van der Waals surface area contributed by atoms with Crippen LogP contribution in [0, 0.1) is 32.0 Å². The largest absolute Gasteiger partial charge is 0.318 e. The predicted molar refractivity (Wildman–Crippen MR) is 136 cm³/mol. The Hall–Kier alpha value is -3.49. The van der Waals surface area contributed by atoms with E-state index in [1.54, 1.807) is 18.2 Å². The third kappa shape index (κ3) is 3.78. The van der Waals surface area contributed by atoms with E-state index in [9.17, 15) is 9.18 Å². The average Bonchev–Trinajstić information content (AvgIpc) is 3.34. The van der Waals surface area contributed by atoms with Crippen molar-refractivity contribution in [3.63, 3.8) is 0 Å². The maximum absolute atomic E-state index is 13.3. The number of carbonyl (C=O) groups is 1. The Morgan fingerprint density at radius 1 is 1.09 bits per heavy atom. The number of aliphatic imine (C=N–C) groups is 1. The van der Waals surface area contributed by atoms with E-state index in [0.717, 1.165) is 28.2 Å². The summed E-state index contributed by atoms with van der Waals surface area (Å²) in [5.74, 6) is -0.897. The van der Waals surface area contributed by atoms with Crippen LogP contribution in [0.3, 0.4) is 0 Å². The minimum atomic E-state index is -0.498. The Bertz CT molecular complexity index is 1470. The van der Waals surface area contributed by atoms with Gasteiger partial charge in [-0.05, 0) is 92.2 Å². The van der Waals surface area contributed by atoms with E-state index >= 15 is 0 Å². The highest BCUT2D eigenvalue weighted by Crippen LogP contribution is 2.32. The Kier molecular flexibility index (Phi) is 5.50. The highest BCUT2D eigenvalue weighted by Gasteiger charge is 2.36. The highest BCUT2D eigenvalue weighted by molar-refractivity contribution is 8.27. The highest BCUT2D eigenvalue weighted by atomic mass is 35.5. The second kappa shape index (κ2) is 8.38. The minimum absolute atomic E-state index is 0.0530. The number of halogens is 2. The molecule has 0 spiro atoms. The lowest BCUT2D eigenvalue weighted by Gasteiger charge is -2.20. The Labute approximate surface area is 205 Å². The quantitative estimate of drug-likeness (QED) is 0.466. The van der Waals surface area contributed by atoms with Crippen molar-refractivity contribution < 1.29 is 9.18 Å². The van der Waals surface area contributed by atoms with E-state index in [1.165, 1.54) is 28.9 Å². The smallest absolute Gasteiger partial charge is 0.283 e. The second-order valence-electron chi connectivity index (χ2n) is 8.03. The van der Waals surface area contributed by atoms with Gasteiger partial charge in [0, 0.05) is 27.7 Å². The molecule has 2 aliphatic rings. The maximum Gasteiger partial charge on any atom is 0.283 e. The molecule has 0 saturated heterocycles. The summed E-state index contributed by atoms with van der Waals surface area (Å²) in [6.45, 7) is 5.88. The fraction of sp³-hybridized carbons (Fsp3) is 0.120. The molecule has 170 valence electrons. The summed E-state index contributed by atoms with van der Waals surface area (Å²) in [5.41, 5.74) is 5.43. The van der Waals surface area contributed by atoms with Crippen molar-refractivity contribution in [1.82, 2.24) is 9.58 Å². The first-order chi connectivity index (χ1) is 16.2. The third-order valence-corrected chi connectivity index (χ3v) is 7.09. The minimum Gasteiger partial charge on any atom is -0.318 e. The summed E-state index contributed by atoms with van der Waals surface area (Å²) in [4.78, 5) is 17.0. The number of amidine groups is 2.